The van der Waals surface area contributed by atoms with Crippen molar-refractivity contribution < 1.29 is 14.4 Å². The maximum atomic E-state index is 11.9. The number of benzene rings is 1. The minimum absolute atomic E-state index is 0.0457. The molecular weight excluding hydrogens is 404 g/mol. The molecule has 7 nitrogen and oxygen atoms in total. The zero-order chi connectivity index (χ0) is 17.8. The lowest BCUT2D eigenvalue weighted by atomic mass is 10.2. The molecule has 2 N–H and O–H groups in total. The van der Waals surface area contributed by atoms with E-state index in [9.17, 15) is 14.4 Å². The van der Waals surface area contributed by atoms with E-state index in [1.54, 1.807) is 0 Å². The van der Waals surface area contributed by atoms with Gasteiger partial charge < -0.3 is 0 Å². The van der Waals surface area contributed by atoms with Crippen LogP contribution in [0.3, 0.4) is 0 Å². The molecule has 11 heteroatoms. The van der Waals surface area contributed by atoms with Crippen molar-refractivity contribution in [3.8, 4) is 0 Å². The van der Waals surface area contributed by atoms with Crippen LogP contribution < -0.4 is 10.6 Å². The molecule has 1 aromatic carbocycles. The third-order valence-electron chi connectivity index (χ3n) is 2.82. The molecule has 1 saturated heterocycles. The number of imide groups is 1. The van der Waals surface area contributed by atoms with Crippen molar-refractivity contribution in [2.75, 3.05) is 5.32 Å². The largest absolute Gasteiger partial charge is 0.297 e. The molecule has 0 unspecified atom stereocenters. The average Bonchev–Trinajstić information content (AvgIpc) is 3.13. The number of carbonyl (C=O) groups is 3. The molecule has 1 aliphatic rings. The average molecular weight is 413 g/mol. The van der Waals surface area contributed by atoms with E-state index in [1.807, 2.05) is 24.3 Å². The molecule has 25 heavy (non-hydrogen) atoms. The van der Waals surface area contributed by atoms with E-state index in [2.05, 4.69) is 20.8 Å². The first kappa shape index (κ1) is 17.9. The molecule has 0 bridgehead atoms. The number of thioether (sulfide) groups is 2. The van der Waals surface area contributed by atoms with Gasteiger partial charge in [-0.25, -0.2) is 0 Å². The highest BCUT2D eigenvalue weighted by Crippen LogP contribution is 2.29. The summed E-state index contributed by atoms with van der Waals surface area (Å²) in [7, 11) is 0. The molecule has 0 aliphatic carbocycles. The van der Waals surface area contributed by atoms with E-state index in [-0.39, 0.29) is 4.91 Å². The van der Waals surface area contributed by atoms with E-state index in [0.717, 1.165) is 11.6 Å². The van der Waals surface area contributed by atoms with E-state index >= 15 is 0 Å². The monoisotopic (exact) mass is 412 g/mol. The molecule has 1 aliphatic heterocycles. The van der Waals surface area contributed by atoms with E-state index < -0.39 is 17.1 Å². The van der Waals surface area contributed by atoms with Crippen LogP contribution in [0.5, 0.6) is 0 Å². The molecule has 128 valence electrons. The van der Waals surface area contributed by atoms with Gasteiger partial charge in [0.25, 0.3) is 17.1 Å². The van der Waals surface area contributed by atoms with Crippen LogP contribution in [0.2, 0.25) is 5.02 Å². The topological polar surface area (TPSA) is 101 Å². The van der Waals surface area contributed by atoms with Crippen LogP contribution in [-0.2, 0) is 15.3 Å². The van der Waals surface area contributed by atoms with Crippen molar-refractivity contribution in [1.29, 1.82) is 0 Å². The van der Waals surface area contributed by atoms with Crippen molar-refractivity contribution in [2.24, 2.45) is 0 Å². The van der Waals surface area contributed by atoms with Crippen LogP contribution in [-0.4, -0.2) is 27.3 Å². The highest BCUT2D eigenvalue weighted by atomic mass is 35.5. The normalized spacial score (nSPS) is 15.5. The Labute approximate surface area is 159 Å². The van der Waals surface area contributed by atoms with Crippen LogP contribution in [0, 0.1) is 0 Å². The number of hydrogen-bond donors (Lipinski definition) is 2. The van der Waals surface area contributed by atoms with Gasteiger partial charge in [-0.2, -0.15) is 0 Å². The van der Waals surface area contributed by atoms with Crippen LogP contribution in [0.15, 0.2) is 39.6 Å². The van der Waals surface area contributed by atoms with Gasteiger partial charge in [0.15, 0.2) is 4.34 Å². The Balaban J connectivity index is 1.55. The minimum Gasteiger partial charge on any atom is -0.297 e. The number of hydrogen-bond acceptors (Lipinski definition) is 8. The molecule has 0 saturated carbocycles. The quantitative estimate of drug-likeness (QED) is 0.441. The van der Waals surface area contributed by atoms with Crippen molar-refractivity contribution in [1.82, 2.24) is 15.5 Å². The lowest BCUT2D eigenvalue weighted by Gasteiger charge is -1.98. The molecule has 0 radical (unpaired) electrons. The maximum Gasteiger partial charge on any atom is 0.290 e. The second kappa shape index (κ2) is 8.00. The van der Waals surface area contributed by atoms with Crippen molar-refractivity contribution in [3.05, 3.63) is 45.8 Å². The predicted octanol–water partition coefficient (Wildman–Crippen LogP) is 3.29. The second-order valence-electron chi connectivity index (χ2n) is 4.63. The molecular formula is C14H9ClN4O3S3. The molecule has 1 aromatic heterocycles. The highest BCUT2D eigenvalue weighted by molar-refractivity contribution is 8.18. The standard InChI is InChI=1S/C14H9ClN4O3S3/c15-8-3-1-7(2-4-8)6-23-14-19-18-12(25-14)16-10(20)5-9-11(21)17-13(22)24-9/h1-5H,6H2,(H,16,18,20)(H,17,21,22)/b9-5-. The van der Waals surface area contributed by atoms with Gasteiger partial charge in [0.05, 0.1) is 4.91 Å². The lowest BCUT2D eigenvalue weighted by Crippen LogP contribution is -2.18. The summed E-state index contributed by atoms with van der Waals surface area (Å²) in [6.07, 6.45) is 1.06. The van der Waals surface area contributed by atoms with Gasteiger partial charge in [-0.1, -0.05) is 46.8 Å². The molecule has 3 rings (SSSR count). The van der Waals surface area contributed by atoms with Crippen molar-refractivity contribution >= 4 is 68.6 Å². The number of carbonyl (C=O) groups excluding carboxylic acids is 3. The number of aromatic nitrogens is 2. The predicted molar refractivity (Wildman–Crippen MR) is 98.8 cm³/mol. The number of anilines is 1. The summed E-state index contributed by atoms with van der Waals surface area (Å²) in [5, 5.41) is 13.0. The summed E-state index contributed by atoms with van der Waals surface area (Å²) < 4.78 is 0.695. The second-order valence-corrected chi connectivity index (χ2v) is 8.28. The molecule has 1 fully saturated rings. The van der Waals surface area contributed by atoms with Crippen LogP contribution in [0.1, 0.15) is 5.56 Å². The smallest absolute Gasteiger partial charge is 0.290 e. The number of nitrogens with zero attached hydrogens (tertiary/aromatic N) is 2. The SMILES string of the molecule is O=C(/C=C1\SC(=O)NC1=O)Nc1nnc(SCc2ccc(Cl)cc2)s1. The first-order valence-electron chi connectivity index (χ1n) is 6.76. The fraction of sp³-hybridized carbons (Fsp3) is 0.0714. The Kier molecular flexibility index (Phi) is 5.74. The third-order valence-corrected chi connectivity index (χ3v) is 5.92. The maximum absolute atomic E-state index is 11.9. The third kappa shape index (κ3) is 5.05. The first-order valence-corrected chi connectivity index (χ1v) is 9.76. The summed E-state index contributed by atoms with van der Waals surface area (Å²) in [4.78, 5) is 34.3. The van der Waals surface area contributed by atoms with Crippen LogP contribution >= 0.6 is 46.5 Å². The summed E-state index contributed by atoms with van der Waals surface area (Å²) in [5.41, 5.74) is 1.09. The molecule has 3 amide bonds. The molecule has 2 heterocycles. The van der Waals surface area contributed by atoms with Gasteiger partial charge in [0.1, 0.15) is 0 Å². The number of amides is 3. The summed E-state index contributed by atoms with van der Waals surface area (Å²) in [6, 6.07) is 7.49. The van der Waals surface area contributed by atoms with E-state index in [1.165, 1.54) is 23.1 Å². The van der Waals surface area contributed by atoms with Gasteiger partial charge in [0, 0.05) is 16.9 Å². The van der Waals surface area contributed by atoms with Gasteiger partial charge in [-0.15, -0.1) is 10.2 Å². The number of nitrogens with one attached hydrogen (secondary N) is 2. The van der Waals surface area contributed by atoms with E-state index in [0.29, 0.717) is 32.0 Å². The molecule has 0 atom stereocenters. The fourth-order valence-corrected chi connectivity index (χ4v) is 4.22. The highest BCUT2D eigenvalue weighted by Gasteiger charge is 2.26. The Morgan fingerprint density at radius 3 is 2.72 bits per heavy atom. The Morgan fingerprint density at radius 1 is 1.28 bits per heavy atom. The lowest BCUT2D eigenvalue weighted by molar-refractivity contribution is -0.116. The Hall–Kier alpha value is -1.88. The van der Waals surface area contributed by atoms with Gasteiger partial charge in [-0.05, 0) is 29.5 Å². The van der Waals surface area contributed by atoms with Crippen LogP contribution in [0.4, 0.5) is 9.93 Å². The Morgan fingerprint density at radius 2 is 2.04 bits per heavy atom. The summed E-state index contributed by atoms with van der Waals surface area (Å²) in [6.45, 7) is 0. The molecule has 2 aromatic rings. The zero-order valence-electron chi connectivity index (χ0n) is 12.3. The first-order chi connectivity index (χ1) is 12.0. The Bertz CT molecular complexity index is 866. The summed E-state index contributed by atoms with van der Waals surface area (Å²) >= 11 is 9.23. The van der Waals surface area contributed by atoms with Crippen molar-refractivity contribution in [3.63, 3.8) is 0 Å². The number of halogens is 1. The van der Waals surface area contributed by atoms with Gasteiger partial charge in [-0.3, -0.25) is 25.0 Å². The summed E-state index contributed by atoms with van der Waals surface area (Å²) in [5.74, 6) is -0.428. The fourth-order valence-electron chi connectivity index (χ4n) is 1.73. The van der Waals surface area contributed by atoms with E-state index in [4.69, 9.17) is 11.6 Å². The zero-order valence-corrected chi connectivity index (χ0v) is 15.5. The van der Waals surface area contributed by atoms with Crippen molar-refractivity contribution in [2.45, 2.75) is 10.1 Å². The number of rotatable bonds is 5. The van der Waals surface area contributed by atoms with Crippen LogP contribution in [0.25, 0.3) is 0 Å². The van der Waals surface area contributed by atoms with Gasteiger partial charge >= 0.3 is 0 Å². The molecule has 0 spiro atoms. The minimum atomic E-state index is -0.582. The van der Waals surface area contributed by atoms with Gasteiger partial charge in [0.2, 0.25) is 5.13 Å².